The second-order valence-electron chi connectivity index (χ2n) is 7.42. The number of rotatable bonds is 6. The largest absolute Gasteiger partial charge is 0.504 e. The summed E-state index contributed by atoms with van der Waals surface area (Å²) in [6.45, 7) is 2.06. The number of halogens is 1. The van der Waals surface area contributed by atoms with E-state index in [9.17, 15) is 19.8 Å². The van der Waals surface area contributed by atoms with Crippen molar-refractivity contribution in [3.05, 3.63) is 82.5 Å². The van der Waals surface area contributed by atoms with Crippen molar-refractivity contribution < 1.29 is 29.0 Å². The number of aliphatic hydroxyl groups is 1. The van der Waals surface area contributed by atoms with Crippen molar-refractivity contribution >= 4 is 50.0 Å². The molecule has 2 aromatic carbocycles. The van der Waals surface area contributed by atoms with E-state index < -0.39 is 23.5 Å². The number of hydrogen-bond acceptors (Lipinski definition) is 8. The Hall–Kier alpha value is -3.82. The maximum atomic E-state index is 13.3. The number of carbonyl (C=O) groups excluding carboxylic acids is 2. The number of furan rings is 1. The topological polar surface area (TPSA) is 113 Å². The second kappa shape index (κ2) is 8.51. The highest BCUT2D eigenvalue weighted by Gasteiger charge is 2.46. The van der Waals surface area contributed by atoms with Gasteiger partial charge >= 0.3 is 0 Å². The van der Waals surface area contributed by atoms with E-state index in [0.29, 0.717) is 22.7 Å². The summed E-state index contributed by atoms with van der Waals surface area (Å²) in [4.78, 5) is 32.4. The Bertz CT molecular complexity index is 1460. The van der Waals surface area contributed by atoms with E-state index in [-0.39, 0.29) is 28.0 Å². The van der Waals surface area contributed by atoms with Gasteiger partial charge in [0.05, 0.1) is 34.7 Å². The van der Waals surface area contributed by atoms with Crippen molar-refractivity contribution in [2.45, 2.75) is 13.0 Å². The van der Waals surface area contributed by atoms with Crippen LogP contribution in [0.5, 0.6) is 11.5 Å². The number of fused-ring (bicyclic) bond motifs is 1. The van der Waals surface area contributed by atoms with Crippen LogP contribution in [-0.2, 0) is 4.79 Å². The van der Waals surface area contributed by atoms with Gasteiger partial charge in [-0.2, -0.15) is 0 Å². The molecular weight excluding hydrogens is 480 g/mol. The number of phenolic OH excluding ortho intramolecular Hbond substituents is 1. The second-order valence-corrected chi connectivity index (χ2v) is 8.86. The third-order valence-electron chi connectivity index (χ3n) is 5.34. The van der Waals surface area contributed by atoms with Crippen LogP contribution in [0.1, 0.15) is 29.1 Å². The normalized spacial score (nSPS) is 16.0. The Morgan fingerprint density at radius 3 is 2.79 bits per heavy atom. The molecule has 34 heavy (non-hydrogen) atoms. The highest BCUT2D eigenvalue weighted by molar-refractivity contribution is 7.22. The number of amides is 1. The van der Waals surface area contributed by atoms with Gasteiger partial charge in [0.25, 0.3) is 5.91 Å². The van der Waals surface area contributed by atoms with Crippen LogP contribution < -0.4 is 9.64 Å². The van der Waals surface area contributed by atoms with Gasteiger partial charge in [-0.1, -0.05) is 29.0 Å². The van der Waals surface area contributed by atoms with Crippen LogP contribution in [-0.4, -0.2) is 33.5 Å². The summed E-state index contributed by atoms with van der Waals surface area (Å²) in [7, 11) is 0. The fourth-order valence-electron chi connectivity index (χ4n) is 3.85. The molecule has 4 aromatic rings. The van der Waals surface area contributed by atoms with Gasteiger partial charge < -0.3 is 19.4 Å². The number of Topliss-reactive ketones (excluding diaryl/α,β-unsaturated/α-hetero) is 1. The summed E-state index contributed by atoms with van der Waals surface area (Å²) in [5, 5.41) is 21.8. The molecule has 0 radical (unpaired) electrons. The van der Waals surface area contributed by atoms with Crippen LogP contribution in [0.3, 0.4) is 0 Å². The van der Waals surface area contributed by atoms with Crippen molar-refractivity contribution in [3.63, 3.8) is 0 Å². The van der Waals surface area contributed by atoms with Crippen molar-refractivity contribution in [1.82, 2.24) is 4.98 Å². The van der Waals surface area contributed by atoms with Gasteiger partial charge in [-0.3, -0.25) is 14.5 Å². The maximum absolute atomic E-state index is 13.3. The number of nitrogens with zero attached hydrogens (tertiary/aromatic N) is 2. The number of ketones is 1. The van der Waals surface area contributed by atoms with E-state index in [1.54, 1.807) is 37.3 Å². The maximum Gasteiger partial charge on any atom is 0.296 e. The summed E-state index contributed by atoms with van der Waals surface area (Å²) >= 11 is 7.30. The molecule has 0 fully saturated rings. The quantitative estimate of drug-likeness (QED) is 0.342. The van der Waals surface area contributed by atoms with Gasteiger partial charge in [-0.05, 0) is 55.0 Å². The smallest absolute Gasteiger partial charge is 0.296 e. The van der Waals surface area contributed by atoms with Gasteiger partial charge in [-0.15, -0.1) is 0 Å². The Morgan fingerprint density at radius 2 is 2.06 bits per heavy atom. The molecular formula is C24H17ClN2O6S. The molecule has 2 aromatic heterocycles. The van der Waals surface area contributed by atoms with Gasteiger partial charge in [0.1, 0.15) is 0 Å². The lowest BCUT2D eigenvalue weighted by molar-refractivity contribution is -0.117. The molecule has 172 valence electrons. The van der Waals surface area contributed by atoms with Crippen LogP contribution in [0.2, 0.25) is 5.02 Å². The molecule has 0 bridgehead atoms. The zero-order chi connectivity index (χ0) is 24.0. The molecule has 1 amide bonds. The van der Waals surface area contributed by atoms with Gasteiger partial charge in [0.15, 0.2) is 28.1 Å². The number of aliphatic hydroxyl groups excluding tert-OH is 1. The van der Waals surface area contributed by atoms with Crippen molar-refractivity contribution in [3.8, 4) is 11.5 Å². The van der Waals surface area contributed by atoms with E-state index in [0.717, 1.165) is 4.70 Å². The average molecular weight is 497 g/mol. The van der Waals surface area contributed by atoms with Crippen LogP contribution in [0.15, 0.2) is 70.5 Å². The standard InChI is InChI=1S/C24H17ClN2O6S/c1-2-32-17-10-12(5-8-15(17)28)20-19(21(29)16-4-3-9-33-16)22(30)23(31)27(20)24-26-14-7-6-13(25)11-18(14)34-24/h3-11,20,28,30H,2H2,1H3. The minimum Gasteiger partial charge on any atom is -0.504 e. The Balaban J connectivity index is 1.69. The number of ether oxygens (including phenoxy) is 1. The van der Waals surface area contributed by atoms with Crippen molar-refractivity contribution in [1.29, 1.82) is 0 Å². The predicted molar refractivity (Wildman–Crippen MR) is 127 cm³/mol. The minimum atomic E-state index is -1.04. The monoisotopic (exact) mass is 496 g/mol. The summed E-state index contributed by atoms with van der Waals surface area (Å²) < 4.78 is 11.5. The number of hydrogen-bond donors (Lipinski definition) is 2. The van der Waals surface area contributed by atoms with Gasteiger partial charge in [-0.25, -0.2) is 4.98 Å². The number of thiazole rings is 1. The molecule has 1 atom stereocenters. The fourth-order valence-corrected chi connectivity index (χ4v) is 5.12. The molecule has 0 saturated carbocycles. The first-order valence-electron chi connectivity index (χ1n) is 10.3. The van der Waals surface area contributed by atoms with Crippen LogP contribution >= 0.6 is 22.9 Å². The van der Waals surface area contributed by atoms with Crippen molar-refractivity contribution in [2.24, 2.45) is 0 Å². The first-order valence-corrected chi connectivity index (χ1v) is 11.4. The summed E-state index contributed by atoms with van der Waals surface area (Å²) in [6.07, 6.45) is 1.33. The first kappa shape index (κ1) is 22.0. The highest BCUT2D eigenvalue weighted by Crippen LogP contribution is 2.45. The summed E-state index contributed by atoms with van der Waals surface area (Å²) in [5.74, 6) is -2.06. The molecule has 1 aliphatic rings. The molecule has 0 aliphatic carbocycles. The SMILES string of the molecule is CCOc1cc(C2C(C(=O)c3ccco3)=C(O)C(=O)N2c2nc3ccc(Cl)cc3s2)ccc1O. The number of carbonyl (C=O) groups is 2. The van der Waals surface area contributed by atoms with E-state index in [2.05, 4.69) is 4.98 Å². The zero-order valence-corrected chi connectivity index (χ0v) is 19.3. The lowest BCUT2D eigenvalue weighted by atomic mass is 9.95. The van der Waals surface area contributed by atoms with E-state index in [1.807, 2.05) is 0 Å². The van der Waals surface area contributed by atoms with Gasteiger partial charge in [0, 0.05) is 5.02 Å². The number of aromatic hydroxyl groups is 1. The Labute approximate surface area is 202 Å². The Kier molecular flexibility index (Phi) is 5.51. The third-order valence-corrected chi connectivity index (χ3v) is 6.60. The average Bonchev–Trinajstić information content (AvgIpc) is 3.54. The van der Waals surface area contributed by atoms with Crippen molar-refractivity contribution in [2.75, 3.05) is 11.5 Å². The van der Waals surface area contributed by atoms with Crippen LogP contribution in [0.25, 0.3) is 10.2 Å². The number of benzene rings is 2. The third kappa shape index (κ3) is 3.59. The van der Waals surface area contributed by atoms with E-state index in [1.165, 1.54) is 40.7 Å². The molecule has 1 aliphatic heterocycles. The first-order chi connectivity index (χ1) is 16.4. The highest BCUT2D eigenvalue weighted by atomic mass is 35.5. The molecule has 5 rings (SSSR count). The molecule has 3 heterocycles. The molecule has 2 N–H and O–H groups in total. The summed E-state index contributed by atoms with van der Waals surface area (Å²) in [6, 6.07) is 11.6. The number of anilines is 1. The summed E-state index contributed by atoms with van der Waals surface area (Å²) in [5.41, 5.74) is 0.887. The molecule has 1 unspecified atom stereocenters. The molecule has 0 spiro atoms. The molecule has 0 saturated heterocycles. The zero-order valence-electron chi connectivity index (χ0n) is 17.7. The van der Waals surface area contributed by atoms with E-state index in [4.69, 9.17) is 20.8 Å². The lowest BCUT2D eigenvalue weighted by Gasteiger charge is -2.24. The molecule has 8 nitrogen and oxygen atoms in total. The Morgan fingerprint density at radius 1 is 1.24 bits per heavy atom. The minimum absolute atomic E-state index is 0.0268. The van der Waals surface area contributed by atoms with Crippen LogP contribution in [0, 0.1) is 0 Å². The predicted octanol–water partition coefficient (Wildman–Crippen LogP) is 5.43. The fraction of sp³-hybridized carbons (Fsp3) is 0.125. The van der Waals surface area contributed by atoms with Crippen LogP contribution in [0.4, 0.5) is 5.13 Å². The van der Waals surface area contributed by atoms with E-state index >= 15 is 0 Å². The molecule has 10 heteroatoms. The lowest BCUT2D eigenvalue weighted by Crippen LogP contribution is -2.31. The number of phenols is 1. The number of aromatic nitrogens is 1. The van der Waals surface area contributed by atoms with Gasteiger partial charge in [0.2, 0.25) is 5.78 Å².